The smallest absolute Gasteiger partial charge is 0.254 e. The molecule has 196 valence electrons. The molecule has 2 fully saturated rings. The third-order valence-corrected chi connectivity index (χ3v) is 7.22. The number of aryl methyl sites for hydroxylation is 1. The van der Waals surface area contributed by atoms with Crippen molar-refractivity contribution in [2.24, 2.45) is 5.92 Å². The molecule has 0 bridgehead atoms. The Labute approximate surface area is 218 Å². The number of fused-ring (bicyclic) bond motifs is 1. The monoisotopic (exact) mass is 504 g/mol. The van der Waals surface area contributed by atoms with Crippen LogP contribution in [0, 0.1) is 12.8 Å². The topological polar surface area (TPSA) is 90.0 Å². The summed E-state index contributed by atoms with van der Waals surface area (Å²) in [6.45, 7) is 6.31. The summed E-state index contributed by atoms with van der Waals surface area (Å²) in [6.07, 6.45) is 0.989. The van der Waals surface area contributed by atoms with Gasteiger partial charge < -0.3 is 20.0 Å². The Bertz CT molecular complexity index is 1170. The second-order valence-corrected chi connectivity index (χ2v) is 10.7. The molecule has 8 heteroatoms. The van der Waals surface area contributed by atoms with Crippen molar-refractivity contribution >= 4 is 29.2 Å². The second kappa shape index (κ2) is 10.7. The fourth-order valence-corrected chi connectivity index (χ4v) is 5.25. The molecule has 0 aliphatic carbocycles. The van der Waals surface area contributed by atoms with E-state index in [4.69, 9.17) is 0 Å². The highest BCUT2D eigenvalue weighted by atomic mass is 16.2. The van der Waals surface area contributed by atoms with E-state index in [9.17, 15) is 19.2 Å². The largest absolute Gasteiger partial charge is 0.378 e. The van der Waals surface area contributed by atoms with Crippen LogP contribution in [0.4, 0.5) is 5.69 Å². The van der Waals surface area contributed by atoms with Gasteiger partial charge in [-0.3, -0.25) is 19.2 Å². The van der Waals surface area contributed by atoms with Crippen molar-refractivity contribution in [3.8, 4) is 0 Å². The molecule has 2 aromatic carbocycles. The molecule has 2 aliphatic rings. The summed E-state index contributed by atoms with van der Waals surface area (Å²) in [5.74, 6) is -0.761. The first-order valence-corrected chi connectivity index (χ1v) is 12.9. The highest BCUT2D eigenvalue weighted by Gasteiger charge is 2.52. The molecule has 3 amide bonds. The summed E-state index contributed by atoms with van der Waals surface area (Å²) in [5.41, 5.74) is 3.03. The number of rotatable bonds is 7. The van der Waals surface area contributed by atoms with Crippen LogP contribution < -0.4 is 10.2 Å². The van der Waals surface area contributed by atoms with E-state index in [-0.39, 0.29) is 42.0 Å². The van der Waals surface area contributed by atoms with Crippen molar-refractivity contribution < 1.29 is 19.2 Å². The zero-order chi connectivity index (χ0) is 26.9. The Morgan fingerprint density at radius 2 is 1.59 bits per heavy atom. The van der Waals surface area contributed by atoms with Crippen LogP contribution in [0.3, 0.4) is 0 Å². The fraction of sp³-hybridized carbons (Fsp3) is 0.448. The number of ketones is 1. The number of benzene rings is 2. The lowest BCUT2D eigenvalue weighted by molar-refractivity contribution is -0.138. The van der Waals surface area contributed by atoms with Gasteiger partial charge in [0.2, 0.25) is 5.91 Å². The average molecular weight is 505 g/mol. The molecule has 4 rings (SSSR count). The molecule has 2 heterocycles. The molecule has 1 N–H and O–H groups in total. The minimum atomic E-state index is -0.755. The predicted molar refractivity (Wildman–Crippen MR) is 143 cm³/mol. The number of carbonyl (C=O) groups is 4. The third-order valence-electron chi connectivity index (χ3n) is 7.22. The lowest BCUT2D eigenvalue weighted by Gasteiger charge is -2.29. The quantitative estimate of drug-likeness (QED) is 0.626. The van der Waals surface area contributed by atoms with Crippen LogP contribution in [-0.2, 0) is 9.59 Å². The Morgan fingerprint density at radius 1 is 0.973 bits per heavy atom. The summed E-state index contributed by atoms with van der Waals surface area (Å²) in [4.78, 5) is 58.1. The third kappa shape index (κ3) is 5.53. The van der Waals surface area contributed by atoms with E-state index in [1.807, 2.05) is 64.0 Å². The molecule has 0 aromatic heterocycles. The van der Waals surface area contributed by atoms with E-state index in [1.54, 1.807) is 34.1 Å². The molecule has 0 spiro atoms. The maximum atomic E-state index is 13.7. The molecule has 0 radical (unpaired) electrons. The van der Waals surface area contributed by atoms with Crippen LogP contribution in [0.5, 0.6) is 0 Å². The molecule has 2 aromatic rings. The minimum Gasteiger partial charge on any atom is -0.378 e. The number of hydrogen-bond acceptors (Lipinski definition) is 5. The van der Waals surface area contributed by atoms with Gasteiger partial charge in [-0.25, -0.2) is 0 Å². The number of nitrogens with zero attached hydrogens (tertiary/aromatic N) is 3. The summed E-state index contributed by atoms with van der Waals surface area (Å²) in [6, 6.07) is 12.7. The molecule has 3 atom stereocenters. The number of amides is 3. The van der Waals surface area contributed by atoms with Gasteiger partial charge in [-0.1, -0.05) is 31.5 Å². The highest BCUT2D eigenvalue weighted by molar-refractivity contribution is 6.03. The lowest BCUT2D eigenvalue weighted by Crippen LogP contribution is -2.53. The Hall–Kier alpha value is -3.68. The predicted octanol–water partition coefficient (Wildman–Crippen LogP) is 2.90. The summed E-state index contributed by atoms with van der Waals surface area (Å²) >= 11 is 0. The summed E-state index contributed by atoms with van der Waals surface area (Å²) < 4.78 is 0. The molecule has 37 heavy (non-hydrogen) atoms. The van der Waals surface area contributed by atoms with Crippen molar-refractivity contribution in [2.45, 2.75) is 51.7 Å². The second-order valence-electron chi connectivity index (χ2n) is 10.7. The van der Waals surface area contributed by atoms with Crippen molar-refractivity contribution in [3.63, 3.8) is 0 Å². The number of anilines is 1. The first-order valence-electron chi connectivity index (χ1n) is 12.9. The van der Waals surface area contributed by atoms with Gasteiger partial charge in [0, 0.05) is 37.5 Å². The van der Waals surface area contributed by atoms with Gasteiger partial charge >= 0.3 is 0 Å². The van der Waals surface area contributed by atoms with Crippen LogP contribution in [0.15, 0.2) is 48.5 Å². The van der Waals surface area contributed by atoms with Gasteiger partial charge in [0.25, 0.3) is 11.8 Å². The van der Waals surface area contributed by atoms with E-state index < -0.39 is 12.1 Å². The number of likely N-dealkylation sites (tertiary alicyclic amines) is 2. The van der Waals surface area contributed by atoms with Gasteiger partial charge in [-0.15, -0.1) is 0 Å². The molecule has 1 unspecified atom stereocenters. The van der Waals surface area contributed by atoms with E-state index in [0.29, 0.717) is 30.5 Å². The Kier molecular flexibility index (Phi) is 7.66. The maximum absolute atomic E-state index is 13.7. The normalized spacial score (nSPS) is 19.7. The lowest BCUT2D eigenvalue weighted by atomic mass is 10.0. The fourth-order valence-electron chi connectivity index (χ4n) is 5.25. The van der Waals surface area contributed by atoms with Gasteiger partial charge in [0.15, 0.2) is 5.78 Å². The first-order chi connectivity index (χ1) is 17.6. The molecular weight excluding hydrogens is 468 g/mol. The van der Waals surface area contributed by atoms with Crippen LogP contribution in [0.25, 0.3) is 0 Å². The van der Waals surface area contributed by atoms with E-state index in [1.165, 1.54) is 0 Å². The summed E-state index contributed by atoms with van der Waals surface area (Å²) in [5, 5.41) is 2.91. The van der Waals surface area contributed by atoms with E-state index in [2.05, 4.69) is 5.32 Å². The van der Waals surface area contributed by atoms with Crippen molar-refractivity contribution in [1.82, 2.24) is 15.1 Å². The first kappa shape index (κ1) is 26.4. The van der Waals surface area contributed by atoms with Gasteiger partial charge in [-0.2, -0.15) is 0 Å². The zero-order valence-corrected chi connectivity index (χ0v) is 22.2. The molecule has 2 aliphatic heterocycles. The van der Waals surface area contributed by atoms with E-state index in [0.717, 1.165) is 11.3 Å². The molecule has 2 saturated heterocycles. The Morgan fingerprint density at radius 3 is 2.19 bits per heavy atom. The number of Topliss-reactive ketones (excluding diaryl/α,β-unsaturated/α-hetero) is 1. The zero-order valence-electron chi connectivity index (χ0n) is 22.2. The van der Waals surface area contributed by atoms with Crippen LogP contribution in [0.1, 0.15) is 53.0 Å². The van der Waals surface area contributed by atoms with Crippen molar-refractivity contribution in [2.75, 3.05) is 32.1 Å². The number of hydrogen-bond donors (Lipinski definition) is 1. The van der Waals surface area contributed by atoms with Crippen molar-refractivity contribution in [1.29, 1.82) is 0 Å². The highest BCUT2D eigenvalue weighted by Crippen LogP contribution is 2.32. The van der Waals surface area contributed by atoms with Crippen molar-refractivity contribution in [3.05, 3.63) is 65.2 Å². The van der Waals surface area contributed by atoms with Gasteiger partial charge in [0.05, 0.1) is 12.6 Å². The van der Waals surface area contributed by atoms with Crippen LogP contribution in [0.2, 0.25) is 0 Å². The van der Waals surface area contributed by atoms with Gasteiger partial charge in [-0.05, 0) is 62.1 Å². The maximum Gasteiger partial charge on any atom is 0.254 e. The average Bonchev–Trinajstić information content (AvgIpc) is 3.44. The number of nitrogens with one attached hydrogen (secondary N) is 1. The summed E-state index contributed by atoms with van der Waals surface area (Å²) in [7, 11) is 3.85. The molecule has 0 saturated carbocycles. The Balaban J connectivity index is 1.49. The SMILES string of the molecule is Cc1ccc(C(=O)N2CC(=O)C3[C@H]2CCN3C(=O)[C@H](CC(C)C)NC(=O)c2ccc(N(C)C)cc2)cc1. The number of carbonyl (C=O) groups excluding carboxylic acids is 4. The minimum absolute atomic E-state index is 0.00868. The van der Waals surface area contributed by atoms with Crippen LogP contribution in [-0.4, -0.2) is 78.6 Å². The van der Waals surface area contributed by atoms with E-state index >= 15 is 0 Å². The molecule has 8 nitrogen and oxygen atoms in total. The van der Waals surface area contributed by atoms with Gasteiger partial charge in [0.1, 0.15) is 12.1 Å². The molecular formula is C29H36N4O4. The van der Waals surface area contributed by atoms with Crippen LogP contribution >= 0.6 is 0 Å². The standard InChI is InChI=1S/C29H36N4O4/c1-18(2)16-23(30-27(35)20-10-12-22(13-11-20)31(4)5)29(37)32-15-14-24-26(32)25(34)17-33(24)28(36)21-8-6-19(3)7-9-21/h6-13,18,23-24,26H,14-17H2,1-5H3,(H,30,35)/t23-,24+,26?/m0/s1.